The molecule has 5 unspecified atom stereocenters. The first-order valence-corrected chi connectivity index (χ1v) is 36.9. The molecule has 0 saturated carbocycles. The third-order valence-electron chi connectivity index (χ3n) is 15.2. The number of fused-ring (bicyclic) bond motifs is 2. The van der Waals surface area contributed by atoms with Crippen molar-refractivity contribution in [1.29, 1.82) is 0 Å². The molecule has 0 aromatic heterocycles. The van der Waals surface area contributed by atoms with E-state index in [-0.39, 0.29) is 42.9 Å². The smallest absolute Gasteiger partial charge is 0.313 e. The Balaban J connectivity index is 0.00000131. The lowest BCUT2D eigenvalue weighted by Gasteiger charge is -2.25. The van der Waals surface area contributed by atoms with Crippen LogP contribution in [0.25, 0.3) is 0 Å². The molecule has 2 bridgehead atoms. The number of carboxylic acid groups (broad SMARTS) is 2. The molecule has 546 valence electrons. The van der Waals surface area contributed by atoms with Crippen LogP contribution in [0.2, 0.25) is 0 Å². The number of rotatable bonds is 41. The molecule has 0 aromatic carbocycles. The summed E-state index contributed by atoms with van der Waals surface area (Å²) in [6.45, 7) is 13.8. The summed E-state index contributed by atoms with van der Waals surface area (Å²) in [5.74, 6) is -1.76. The van der Waals surface area contributed by atoms with Crippen LogP contribution in [0.1, 0.15) is 215 Å². The minimum absolute atomic E-state index is 0.0282. The highest BCUT2D eigenvalue weighted by molar-refractivity contribution is 5.80. The van der Waals surface area contributed by atoms with Gasteiger partial charge in [0, 0.05) is 25.2 Å². The first-order valence-electron chi connectivity index (χ1n) is 36.9. The minimum Gasteiger partial charge on any atom is -0.481 e. The third-order valence-corrected chi connectivity index (χ3v) is 15.2. The van der Waals surface area contributed by atoms with E-state index in [1.807, 2.05) is 67.7 Å². The highest BCUT2D eigenvalue weighted by atomic mass is 16.6. The molecule has 3 rings (SSSR count). The second-order valence-electron chi connectivity index (χ2n) is 24.8. The lowest BCUT2D eigenvalue weighted by Crippen LogP contribution is -2.30. The van der Waals surface area contributed by atoms with E-state index in [9.17, 15) is 24.3 Å². The van der Waals surface area contributed by atoms with Crippen LogP contribution < -0.4 is 0 Å². The number of aliphatic hydroxyl groups is 1. The number of ether oxygens (including phenoxy) is 2. The standard InChI is InChI=1S/C24H36O3.C23H30O2.C22H30O2.C22H32O2/c1-4-5-6-7-8-9-10-11-12-13-14-15-16-17-18-19-20-22(25)21-24(2,3)23(26)27;1-3-4-16-20-17-14-12-10-8-6-5-7-9-11-13-15-18-21-19-23(20,2)22(24)25-21;1-2-3-4-5-6-7-8-9-10-11-12-13-14-15-16-17-18-21-19-20-22(23)24-21;1-2-3-4-5-6-7-8-9-10-11-12-13-14-15-16-17-18-19-20-21-22(23)24/h5-6,8-9,11-12,14-15,17-20,22,25H,4,7,10,13,16,21H2,1-3H3,(H,26,27);4-5,7-8,10-11,13-18,20-21H,3,6,9,12,19H2,1-2H3;3-4,6-7,9-10,12-13,15-18,21H,2,5,8,11,14,19-20H2,1H3;3-4,6-7,9-10,12-13,15-16,18-19H,2,5,8,11,14,17,20-21H2,1H3,(H,23,24)/b6-5-,9-8-,12-11-,15-14-,18-17-,20-19+;7-5-,10-8-,13-11-,16-4-,17-14-,18-15+;4-3-,7-6-,10-9-,13-12-,16-15-,18-17+;4-3-,7-6-,10-9-,13-12-,16-15-,19-18-. The molecular formula is C91H128O9. The lowest BCUT2D eigenvalue weighted by molar-refractivity contribution is -0.149. The number of aliphatic hydroxyl groups excluding tert-OH is 1. The Labute approximate surface area is 606 Å². The highest BCUT2D eigenvalue weighted by Gasteiger charge is 2.48. The molecule has 3 aliphatic rings. The molecule has 1 aliphatic carbocycles. The van der Waals surface area contributed by atoms with Gasteiger partial charge in [0.25, 0.3) is 0 Å². The molecule has 2 fully saturated rings. The Kier molecular flexibility index (Phi) is 62.1. The van der Waals surface area contributed by atoms with Gasteiger partial charge in [0.05, 0.1) is 16.9 Å². The Morgan fingerprint density at radius 1 is 0.480 bits per heavy atom. The normalized spacial score (nSPS) is 21.1. The Hall–Kier alpha value is -8.40. The molecule has 9 heteroatoms. The summed E-state index contributed by atoms with van der Waals surface area (Å²) >= 11 is 0. The first kappa shape index (κ1) is 91.6. The Bertz CT molecular complexity index is 2910. The second-order valence-corrected chi connectivity index (χ2v) is 24.8. The number of allylic oxidation sites excluding steroid dienone is 45. The number of aliphatic carboxylic acids is 2. The molecule has 2 aliphatic heterocycles. The summed E-state index contributed by atoms with van der Waals surface area (Å²) in [4.78, 5) is 44.8. The third kappa shape index (κ3) is 58.6. The van der Waals surface area contributed by atoms with Gasteiger partial charge in [-0.2, -0.15) is 0 Å². The zero-order valence-electron chi connectivity index (χ0n) is 62.2. The van der Waals surface area contributed by atoms with Crippen LogP contribution in [-0.2, 0) is 28.7 Å². The number of carbonyl (C=O) groups is 4. The molecule has 0 amide bonds. The lowest BCUT2D eigenvalue weighted by atomic mass is 9.74. The van der Waals surface area contributed by atoms with Gasteiger partial charge in [-0.05, 0) is 181 Å². The largest absolute Gasteiger partial charge is 0.481 e. The number of cyclic esters (lactones) is 1. The van der Waals surface area contributed by atoms with Gasteiger partial charge in [-0.25, -0.2) is 0 Å². The van der Waals surface area contributed by atoms with E-state index >= 15 is 0 Å². The molecular weight excluding hydrogens is 1240 g/mol. The molecule has 0 spiro atoms. The van der Waals surface area contributed by atoms with Gasteiger partial charge in [-0.3, -0.25) is 19.2 Å². The van der Waals surface area contributed by atoms with Gasteiger partial charge < -0.3 is 24.8 Å². The van der Waals surface area contributed by atoms with Gasteiger partial charge >= 0.3 is 23.9 Å². The van der Waals surface area contributed by atoms with Crippen LogP contribution in [-0.4, -0.2) is 57.5 Å². The van der Waals surface area contributed by atoms with Crippen LogP contribution in [0.4, 0.5) is 0 Å². The van der Waals surface area contributed by atoms with E-state index in [4.69, 9.17) is 19.7 Å². The fourth-order valence-electron chi connectivity index (χ4n) is 9.37. The van der Waals surface area contributed by atoms with Crippen LogP contribution >= 0.6 is 0 Å². The average Bonchev–Trinajstić information content (AvgIpc) is 1.73. The zero-order chi connectivity index (χ0) is 73.4. The fraction of sp³-hybridized carbons (Fsp3) is 0.429. The van der Waals surface area contributed by atoms with Crippen molar-refractivity contribution in [2.24, 2.45) is 16.7 Å². The summed E-state index contributed by atoms with van der Waals surface area (Å²) in [5.41, 5.74) is -1.42. The van der Waals surface area contributed by atoms with Crippen molar-refractivity contribution in [3.05, 3.63) is 292 Å². The van der Waals surface area contributed by atoms with Crippen molar-refractivity contribution in [2.45, 2.75) is 234 Å². The zero-order valence-corrected chi connectivity index (χ0v) is 62.2. The number of hydrogen-bond acceptors (Lipinski definition) is 7. The predicted octanol–water partition coefficient (Wildman–Crippen LogP) is 24.6. The molecule has 2 saturated heterocycles. The molecule has 0 radical (unpaired) electrons. The molecule has 2 heterocycles. The van der Waals surface area contributed by atoms with Crippen LogP contribution in [0.15, 0.2) is 292 Å². The summed E-state index contributed by atoms with van der Waals surface area (Å²) in [5, 5.41) is 27.4. The van der Waals surface area contributed by atoms with E-state index in [0.717, 1.165) is 141 Å². The number of carbonyl (C=O) groups excluding carboxylic acids is 2. The minimum atomic E-state index is -0.925. The van der Waals surface area contributed by atoms with Crippen molar-refractivity contribution in [3.63, 3.8) is 0 Å². The van der Waals surface area contributed by atoms with E-state index < -0.39 is 28.9 Å². The van der Waals surface area contributed by atoms with Crippen molar-refractivity contribution < 1.29 is 44.0 Å². The van der Waals surface area contributed by atoms with Crippen molar-refractivity contribution in [2.75, 3.05) is 0 Å². The number of carboxylic acids is 2. The van der Waals surface area contributed by atoms with E-state index in [0.29, 0.717) is 12.8 Å². The molecule has 3 N–H and O–H groups in total. The SMILES string of the molecule is CC/C=C\C/C=C\C/C=C\C/C=C\C/C=C\C/C=C\CCC(=O)O.CC/C=C\C/C=C\C/C=C\C/C=C\C/C=C\C=C\C(O)CC(C)(C)C(=O)O.CC/C=C\C/C=C\C/C=C\C/C=C\C/C=C\C=C\C1CCC(=O)O1.CC/C=C\C1/C=C\C/C=C\C/C=C\C/C=C\C=C\C2CC1(C)C(=O)O2. The summed E-state index contributed by atoms with van der Waals surface area (Å²) in [6, 6.07) is 0. The Morgan fingerprint density at radius 2 is 0.870 bits per heavy atom. The predicted molar refractivity (Wildman–Crippen MR) is 429 cm³/mol. The summed E-state index contributed by atoms with van der Waals surface area (Å²) in [7, 11) is 0. The maximum absolute atomic E-state index is 12.6. The quantitative estimate of drug-likeness (QED) is 0.0309. The van der Waals surface area contributed by atoms with Crippen LogP contribution in [0.3, 0.4) is 0 Å². The highest BCUT2D eigenvalue weighted by Crippen LogP contribution is 2.42. The Morgan fingerprint density at radius 3 is 1.27 bits per heavy atom. The van der Waals surface area contributed by atoms with Gasteiger partial charge in [-0.15, -0.1) is 0 Å². The van der Waals surface area contributed by atoms with E-state index in [1.54, 1.807) is 26.0 Å². The first-order chi connectivity index (χ1) is 48.7. The van der Waals surface area contributed by atoms with Gasteiger partial charge in [0.15, 0.2) is 0 Å². The maximum Gasteiger partial charge on any atom is 0.313 e. The molecule has 9 nitrogen and oxygen atoms in total. The monoisotopic (exact) mass is 1360 g/mol. The van der Waals surface area contributed by atoms with E-state index in [2.05, 4.69) is 246 Å². The topological polar surface area (TPSA) is 147 Å². The second kappa shape index (κ2) is 67.8. The maximum atomic E-state index is 12.6. The number of hydrogen-bond donors (Lipinski definition) is 3. The van der Waals surface area contributed by atoms with Crippen molar-refractivity contribution in [1.82, 2.24) is 0 Å². The summed E-state index contributed by atoms with van der Waals surface area (Å²) in [6.07, 6.45) is 123. The number of esters is 2. The summed E-state index contributed by atoms with van der Waals surface area (Å²) < 4.78 is 10.7. The van der Waals surface area contributed by atoms with Crippen LogP contribution in [0.5, 0.6) is 0 Å². The average molecular weight is 1370 g/mol. The van der Waals surface area contributed by atoms with Crippen LogP contribution in [0, 0.1) is 16.7 Å². The van der Waals surface area contributed by atoms with Gasteiger partial charge in [0.2, 0.25) is 0 Å². The van der Waals surface area contributed by atoms with Crippen molar-refractivity contribution in [3.8, 4) is 0 Å². The molecule has 5 atom stereocenters. The molecule has 100 heavy (non-hydrogen) atoms. The molecule has 0 aromatic rings. The van der Waals surface area contributed by atoms with Gasteiger partial charge in [0.1, 0.15) is 12.2 Å². The fourth-order valence-corrected chi connectivity index (χ4v) is 9.37. The van der Waals surface area contributed by atoms with Crippen molar-refractivity contribution >= 4 is 23.9 Å². The van der Waals surface area contributed by atoms with E-state index in [1.165, 1.54) is 0 Å². The van der Waals surface area contributed by atoms with Gasteiger partial charge in [-0.1, -0.05) is 307 Å².